The molecular weight excluding hydrogens is 399 g/mol. The number of amides is 1. The third-order valence-electron chi connectivity index (χ3n) is 4.66. The van der Waals surface area contributed by atoms with E-state index in [1.165, 1.54) is 28.6 Å². The minimum atomic E-state index is -3.84. The third-order valence-corrected chi connectivity index (χ3v) is 7.89. The summed E-state index contributed by atoms with van der Waals surface area (Å²) in [5.41, 5.74) is 2.09. The molecule has 1 amide bonds. The van der Waals surface area contributed by atoms with E-state index in [2.05, 4.69) is 5.32 Å². The molecule has 8 heteroatoms. The highest BCUT2D eigenvalue weighted by molar-refractivity contribution is 7.91. The standard InChI is InChI=1S/C20H17FN2O3S2/c21-16-7-3-8-17(12-16)22-20(24)18-11-14-5-1-2-6-15(14)13-23(18)28(25,26)19-9-4-10-27-19/h1-10,12,18H,11,13H2,(H,22,24). The molecule has 0 aliphatic carbocycles. The molecule has 28 heavy (non-hydrogen) atoms. The van der Waals surface area contributed by atoms with Gasteiger partial charge in [0.2, 0.25) is 5.91 Å². The number of fused-ring (bicyclic) bond motifs is 1. The molecule has 1 unspecified atom stereocenters. The van der Waals surface area contributed by atoms with Crippen LogP contribution in [0.25, 0.3) is 0 Å². The summed E-state index contributed by atoms with van der Waals surface area (Å²) >= 11 is 1.11. The number of halogens is 1. The van der Waals surface area contributed by atoms with Gasteiger partial charge >= 0.3 is 0 Å². The number of carbonyl (C=O) groups is 1. The van der Waals surface area contributed by atoms with Crippen LogP contribution >= 0.6 is 11.3 Å². The van der Waals surface area contributed by atoms with Gasteiger partial charge in [-0.05, 0) is 47.2 Å². The average Bonchev–Trinajstić information content (AvgIpc) is 3.22. The number of thiophene rings is 1. The first-order valence-corrected chi connectivity index (χ1v) is 11.0. The molecule has 144 valence electrons. The lowest BCUT2D eigenvalue weighted by Gasteiger charge is -2.34. The zero-order valence-electron chi connectivity index (χ0n) is 14.7. The van der Waals surface area contributed by atoms with Gasteiger partial charge in [-0.1, -0.05) is 36.4 Å². The van der Waals surface area contributed by atoms with E-state index >= 15 is 0 Å². The van der Waals surface area contributed by atoms with Gasteiger partial charge in [0.25, 0.3) is 10.0 Å². The summed E-state index contributed by atoms with van der Waals surface area (Å²) in [5.74, 6) is -0.963. The fraction of sp³-hybridized carbons (Fsp3) is 0.150. The van der Waals surface area contributed by atoms with Crippen molar-refractivity contribution in [2.45, 2.75) is 23.2 Å². The molecule has 4 rings (SSSR count). The highest BCUT2D eigenvalue weighted by Crippen LogP contribution is 2.31. The lowest BCUT2D eigenvalue weighted by Crippen LogP contribution is -2.50. The van der Waals surface area contributed by atoms with E-state index in [0.29, 0.717) is 0 Å². The molecule has 1 aliphatic rings. The van der Waals surface area contributed by atoms with Crippen molar-refractivity contribution in [3.05, 3.63) is 83.0 Å². The van der Waals surface area contributed by atoms with Crippen molar-refractivity contribution in [3.63, 3.8) is 0 Å². The SMILES string of the molecule is O=C(Nc1cccc(F)c1)C1Cc2ccccc2CN1S(=O)(=O)c1cccs1. The number of hydrogen-bond acceptors (Lipinski definition) is 4. The van der Waals surface area contributed by atoms with Crippen molar-refractivity contribution >= 4 is 33.0 Å². The van der Waals surface area contributed by atoms with Gasteiger partial charge in [0.1, 0.15) is 16.1 Å². The van der Waals surface area contributed by atoms with E-state index < -0.39 is 27.8 Å². The van der Waals surface area contributed by atoms with Crippen molar-refractivity contribution < 1.29 is 17.6 Å². The Kier molecular flexibility index (Phi) is 5.01. The number of nitrogens with zero attached hydrogens (tertiary/aromatic N) is 1. The number of hydrogen-bond donors (Lipinski definition) is 1. The molecule has 0 bridgehead atoms. The van der Waals surface area contributed by atoms with Crippen molar-refractivity contribution in [1.82, 2.24) is 4.31 Å². The molecule has 1 aromatic heterocycles. The maximum Gasteiger partial charge on any atom is 0.253 e. The van der Waals surface area contributed by atoms with Crippen LogP contribution in [0.3, 0.4) is 0 Å². The first-order chi connectivity index (χ1) is 13.4. The molecule has 0 spiro atoms. The summed E-state index contributed by atoms with van der Waals surface area (Å²) in [6, 6.07) is 15.3. The Bertz CT molecular complexity index is 1110. The van der Waals surface area contributed by atoms with Gasteiger partial charge in [0, 0.05) is 12.2 Å². The van der Waals surface area contributed by atoms with Gasteiger partial charge in [-0.25, -0.2) is 12.8 Å². The van der Waals surface area contributed by atoms with Crippen LogP contribution in [-0.2, 0) is 27.8 Å². The van der Waals surface area contributed by atoms with Crippen LogP contribution < -0.4 is 5.32 Å². The summed E-state index contributed by atoms with van der Waals surface area (Å²) < 4.78 is 41.2. The van der Waals surface area contributed by atoms with Gasteiger partial charge in [-0.15, -0.1) is 11.3 Å². The zero-order chi connectivity index (χ0) is 19.7. The third kappa shape index (κ3) is 3.58. The number of anilines is 1. The largest absolute Gasteiger partial charge is 0.325 e. The quantitative estimate of drug-likeness (QED) is 0.706. The average molecular weight is 416 g/mol. The topological polar surface area (TPSA) is 66.5 Å². The Morgan fingerprint density at radius 3 is 2.57 bits per heavy atom. The van der Waals surface area contributed by atoms with E-state index in [4.69, 9.17) is 0 Å². The number of nitrogens with one attached hydrogen (secondary N) is 1. The van der Waals surface area contributed by atoms with Crippen LogP contribution in [-0.4, -0.2) is 24.7 Å². The van der Waals surface area contributed by atoms with E-state index in [9.17, 15) is 17.6 Å². The summed E-state index contributed by atoms with van der Waals surface area (Å²) in [4.78, 5) is 13.0. The highest BCUT2D eigenvalue weighted by atomic mass is 32.2. The molecule has 0 fully saturated rings. The monoisotopic (exact) mass is 416 g/mol. The van der Waals surface area contributed by atoms with Crippen LogP contribution in [0.1, 0.15) is 11.1 Å². The van der Waals surface area contributed by atoms with Crippen LogP contribution in [0.2, 0.25) is 0 Å². The minimum Gasteiger partial charge on any atom is -0.325 e. The second kappa shape index (κ2) is 7.46. The summed E-state index contributed by atoms with van der Waals surface area (Å²) in [6.45, 7) is 0.109. The summed E-state index contributed by atoms with van der Waals surface area (Å²) in [7, 11) is -3.84. The lowest BCUT2D eigenvalue weighted by atomic mass is 9.95. The molecule has 0 saturated heterocycles. The van der Waals surface area contributed by atoms with Gasteiger partial charge in [-0.3, -0.25) is 4.79 Å². The molecule has 1 atom stereocenters. The fourth-order valence-electron chi connectivity index (χ4n) is 3.29. The number of rotatable bonds is 4. The van der Waals surface area contributed by atoms with Gasteiger partial charge in [0.05, 0.1) is 0 Å². The molecule has 0 saturated carbocycles. The second-order valence-electron chi connectivity index (χ2n) is 6.47. The van der Waals surface area contributed by atoms with E-state index in [1.807, 2.05) is 24.3 Å². The molecular formula is C20H17FN2O3S2. The van der Waals surface area contributed by atoms with Gasteiger partial charge in [-0.2, -0.15) is 4.31 Å². The Morgan fingerprint density at radius 2 is 1.86 bits per heavy atom. The molecule has 1 N–H and O–H groups in total. The van der Waals surface area contributed by atoms with Crippen molar-refractivity contribution in [1.29, 1.82) is 0 Å². The van der Waals surface area contributed by atoms with E-state index in [0.717, 1.165) is 22.5 Å². The van der Waals surface area contributed by atoms with Crippen molar-refractivity contribution in [2.24, 2.45) is 0 Å². The first kappa shape index (κ1) is 18.8. The maximum atomic E-state index is 13.5. The lowest BCUT2D eigenvalue weighted by molar-refractivity contribution is -0.120. The van der Waals surface area contributed by atoms with Crippen LogP contribution in [0.15, 0.2) is 70.3 Å². The zero-order valence-corrected chi connectivity index (χ0v) is 16.3. The Balaban J connectivity index is 1.70. The predicted molar refractivity (Wildman–Crippen MR) is 106 cm³/mol. The Hall–Kier alpha value is -2.55. The van der Waals surface area contributed by atoms with E-state index in [-0.39, 0.29) is 22.9 Å². The molecule has 3 aromatic rings. The first-order valence-electron chi connectivity index (χ1n) is 8.64. The van der Waals surface area contributed by atoms with Crippen molar-refractivity contribution in [2.75, 3.05) is 5.32 Å². The number of benzene rings is 2. The number of carbonyl (C=O) groups excluding carboxylic acids is 1. The normalized spacial score (nSPS) is 17.1. The van der Waals surface area contributed by atoms with Crippen LogP contribution in [0, 0.1) is 5.82 Å². The van der Waals surface area contributed by atoms with E-state index in [1.54, 1.807) is 17.5 Å². The number of sulfonamides is 1. The van der Waals surface area contributed by atoms with Crippen LogP contribution in [0.4, 0.5) is 10.1 Å². The van der Waals surface area contributed by atoms with Crippen LogP contribution in [0.5, 0.6) is 0 Å². The molecule has 2 heterocycles. The molecule has 0 radical (unpaired) electrons. The van der Waals surface area contributed by atoms with Gasteiger partial charge < -0.3 is 5.32 Å². The minimum absolute atomic E-state index is 0.109. The highest BCUT2D eigenvalue weighted by Gasteiger charge is 2.40. The summed E-state index contributed by atoms with van der Waals surface area (Å²) in [5, 5.41) is 4.34. The van der Waals surface area contributed by atoms with Gasteiger partial charge in [0.15, 0.2) is 0 Å². The van der Waals surface area contributed by atoms with Crippen molar-refractivity contribution in [3.8, 4) is 0 Å². The fourth-order valence-corrected chi connectivity index (χ4v) is 5.98. The predicted octanol–water partition coefficient (Wildman–Crippen LogP) is 3.64. The second-order valence-corrected chi connectivity index (χ2v) is 9.54. The molecule has 2 aromatic carbocycles. The smallest absolute Gasteiger partial charge is 0.253 e. The molecule has 5 nitrogen and oxygen atoms in total. The Morgan fingerprint density at radius 1 is 1.07 bits per heavy atom. The molecule has 1 aliphatic heterocycles. The Labute approximate surface area is 166 Å². The maximum absolute atomic E-state index is 13.5. The summed E-state index contributed by atoms with van der Waals surface area (Å²) in [6.07, 6.45) is 0.252.